The lowest BCUT2D eigenvalue weighted by Gasteiger charge is -2.18. The number of carbonyl (C=O) groups excluding carboxylic acids is 2. The van der Waals surface area contributed by atoms with Crippen molar-refractivity contribution in [3.8, 4) is 11.1 Å². The number of anilines is 1. The van der Waals surface area contributed by atoms with Gasteiger partial charge >= 0.3 is 0 Å². The maximum atomic E-state index is 13.1. The third-order valence-electron chi connectivity index (χ3n) is 4.73. The Labute approximate surface area is 178 Å². The van der Waals surface area contributed by atoms with Crippen molar-refractivity contribution in [1.82, 2.24) is 15.3 Å². The summed E-state index contributed by atoms with van der Waals surface area (Å²) < 4.78 is 26.1. The van der Waals surface area contributed by atoms with Crippen LogP contribution in [0.15, 0.2) is 61.2 Å². The van der Waals surface area contributed by atoms with E-state index in [1.54, 1.807) is 49.8 Å². The zero-order valence-electron chi connectivity index (χ0n) is 17.1. The fraction of sp³-hybridized carbons (Fsp3) is 0.217. The Morgan fingerprint density at radius 1 is 1.03 bits per heavy atom. The van der Waals surface area contributed by atoms with E-state index in [-0.39, 0.29) is 5.91 Å². The lowest BCUT2D eigenvalue weighted by atomic mass is 10.0. The van der Waals surface area contributed by atoms with Gasteiger partial charge in [0.05, 0.1) is 5.56 Å². The summed E-state index contributed by atoms with van der Waals surface area (Å²) in [7, 11) is 0. The smallest absolute Gasteiger partial charge is 0.265 e. The fourth-order valence-electron chi connectivity index (χ4n) is 3.04. The summed E-state index contributed by atoms with van der Waals surface area (Å²) in [5, 5.41) is 5.44. The van der Waals surface area contributed by atoms with Crippen LogP contribution in [0.25, 0.3) is 11.1 Å². The van der Waals surface area contributed by atoms with Crippen LogP contribution in [0.5, 0.6) is 0 Å². The van der Waals surface area contributed by atoms with Crippen LogP contribution in [-0.2, 0) is 11.3 Å². The number of pyridine rings is 2. The average molecular weight is 424 g/mol. The van der Waals surface area contributed by atoms with Crippen LogP contribution in [0.4, 0.5) is 14.5 Å². The molecule has 160 valence electrons. The number of nitrogens with one attached hydrogen (secondary N) is 2. The number of carbonyl (C=O) groups is 2. The molecule has 0 aliphatic heterocycles. The standard InChI is InChI=1S/C23H22F2N4O2/c1-14-8-17(5-6-20(14)29-21(15(2)30)22(24)25)19-9-16(10-27-13-19)11-28-23(31)18-4-3-7-26-12-18/h3-10,12-13,21-22,29H,11H2,1-2H3,(H,28,31). The van der Waals surface area contributed by atoms with Gasteiger partial charge in [0.2, 0.25) is 0 Å². The van der Waals surface area contributed by atoms with Crippen LogP contribution in [0.1, 0.15) is 28.4 Å². The summed E-state index contributed by atoms with van der Waals surface area (Å²) in [6.45, 7) is 3.21. The van der Waals surface area contributed by atoms with Gasteiger partial charge in [-0.15, -0.1) is 0 Å². The third-order valence-corrected chi connectivity index (χ3v) is 4.73. The van der Waals surface area contributed by atoms with Crippen LogP contribution in [0, 0.1) is 6.92 Å². The molecular weight excluding hydrogens is 402 g/mol. The minimum absolute atomic E-state index is 0.233. The molecule has 0 saturated carbocycles. The molecule has 1 unspecified atom stereocenters. The van der Waals surface area contributed by atoms with Crippen molar-refractivity contribution in [2.75, 3.05) is 5.32 Å². The molecule has 1 aromatic carbocycles. The Balaban J connectivity index is 1.72. The van der Waals surface area contributed by atoms with Crippen molar-refractivity contribution < 1.29 is 18.4 Å². The Hall–Kier alpha value is -3.68. The number of aromatic nitrogens is 2. The van der Waals surface area contributed by atoms with Gasteiger partial charge in [0, 0.05) is 42.6 Å². The van der Waals surface area contributed by atoms with Gasteiger partial charge in [0.25, 0.3) is 12.3 Å². The van der Waals surface area contributed by atoms with Gasteiger partial charge < -0.3 is 10.6 Å². The number of Topliss-reactive ketones (excluding diaryl/α,β-unsaturated/α-hetero) is 1. The normalized spacial score (nSPS) is 11.8. The van der Waals surface area contributed by atoms with Crippen molar-refractivity contribution in [3.05, 3.63) is 77.9 Å². The highest BCUT2D eigenvalue weighted by molar-refractivity contribution is 5.93. The van der Waals surface area contributed by atoms with E-state index >= 15 is 0 Å². The SMILES string of the molecule is CC(=O)C(Nc1ccc(-c2cncc(CNC(=O)c3cccnc3)c2)cc1C)C(F)F. The minimum atomic E-state index is -2.79. The van der Waals surface area contributed by atoms with E-state index in [0.717, 1.165) is 29.2 Å². The molecule has 31 heavy (non-hydrogen) atoms. The first kappa shape index (κ1) is 22.0. The average Bonchev–Trinajstić information content (AvgIpc) is 2.77. The van der Waals surface area contributed by atoms with E-state index < -0.39 is 18.3 Å². The first-order valence-corrected chi connectivity index (χ1v) is 9.63. The van der Waals surface area contributed by atoms with Crippen molar-refractivity contribution in [3.63, 3.8) is 0 Å². The molecule has 0 aliphatic carbocycles. The molecule has 0 radical (unpaired) electrons. The van der Waals surface area contributed by atoms with Gasteiger partial charge in [0.15, 0.2) is 5.78 Å². The second kappa shape index (κ2) is 9.88. The fourth-order valence-corrected chi connectivity index (χ4v) is 3.04. The van der Waals surface area contributed by atoms with Crippen molar-refractivity contribution >= 4 is 17.4 Å². The number of benzene rings is 1. The summed E-state index contributed by atoms with van der Waals surface area (Å²) in [5.74, 6) is -0.854. The zero-order valence-corrected chi connectivity index (χ0v) is 17.1. The van der Waals surface area contributed by atoms with E-state index in [1.807, 2.05) is 12.1 Å². The number of aryl methyl sites for hydroxylation is 1. The second-order valence-electron chi connectivity index (χ2n) is 7.10. The minimum Gasteiger partial charge on any atom is -0.370 e. The van der Waals surface area contributed by atoms with Gasteiger partial charge in [-0.05, 0) is 60.9 Å². The molecule has 0 saturated heterocycles. The number of hydrogen-bond acceptors (Lipinski definition) is 5. The predicted molar refractivity (Wildman–Crippen MR) is 114 cm³/mol. The predicted octanol–water partition coefficient (Wildman–Crippen LogP) is 4.02. The van der Waals surface area contributed by atoms with E-state index in [2.05, 4.69) is 20.6 Å². The van der Waals surface area contributed by atoms with Crippen LogP contribution < -0.4 is 10.6 Å². The summed E-state index contributed by atoms with van der Waals surface area (Å²) >= 11 is 0. The van der Waals surface area contributed by atoms with Gasteiger partial charge in [-0.25, -0.2) is 8.78 Å². The number of halogens is 2. The maximum Gasteiger partial charge on any atom is 0.265 e. The Bertz CT molecular complexity index is 1070. The van der Waals surface area contributed by atoms with Gasteiger partial charge in [0.1, 0.15) is 6.04 Å². The molecule has 2 aromatic heterocycles. The van der Waals surface area contributed by atoms with Crippen molar-refractivity contribution in [2.24, 2.45) is 0 Å². The Morgan fingerprint density at radius 2 is 1.84 bits per heavy atom. The quantitative estimate of drug-likeness (QED) is 0.571. The van der Waals surface area contributed by atoms with Crippen LogP contribution in [0.3, 0.4) is 0 Å². The number of nitrogens with zero attached hydrogens (tertiary/aromatic N) is 2. The summed E-state index contributed by atoms with van der Waals surface area (Å²) in [4.78, 5) is 31.8. The van der Waals surface area contributed by atoms with E-state index in [9.17, 15) is 18.4 Å². The largest absolute Gasteiger partial charge is 0.370 e. The molecule has 1 amide bonds. The second-order valence-corrected chi connectivity index (χ2v) is 7.10. The van der Waals surface area contributed by atoms with Gasteiger partial charge in [-0.3, -0.25) is 19.6 Å². The molecular formula is C23H22F2N4O2. The molecule has 0 fully saturated rings. The van der Waals surface area contributed by atoms with Gasteiger partial charge in [-0.2, -0.15) is 0 Å². The van der Waals surface area contributed by atoms with E-state index in [4.69, 9.17) is 0 Å². The Kier molecular flexibility index (Phi) is 7.02. The number of rotatable bonds is 8. The topological polar surface area (TPSA) is 84.0 Å². The highest BCUT2D eigenvalue weighted by Gasteiger charge is 2.25. The first-order valence-electron chi connectivity index (χ1n) is 9.63. The van der Waals surface area contributed by atoms with E-state index in [0.29, 0.717) is 17.8 Å². The highest BCUT2D eigenvalue weighted by Crippen LogP contribution is 2.26. The molecule has 2 heterocycles. The molecule has 0 bridgehead atoms. The number of alkyl halides is 2. The molecule has 6 nitrogen and oxygen atoms in total. The molecule has 0 aliphatic rings. The number of amides is 1. The summed E-state index contributed by atoms with van der Waals surface area (Å²) in [5.41, 5.74) is 4.13. The van der Waals surface area contributed by atoms with Crippen LogP contribution in [0.2, 0.25) is 0 Å². The number of hydrogen-bond donors (Lipinski definition) is 2. The molecule has 3 aromatic rings. The molecule has 1 atom stereocenters. The summed E-state index contributed by atoms with van der Waals surface area (Å²) in [6, 6.07) is 9.00. The first-order chi connectivity index (χ1) is 14.8. The van der Waals surface area contributed by atoms with Gasteiger partial charge in [-0.1, -0.05) is 6.07 Å². The lowest BCUT2D eigenvalue weighted by Crippen LogP contribution is -2.34. The van der Waals surface area contributed by atoms with Crippen LogP contribution in [-0.4, -0.2) is 34.1 Å². The Morgan fingerprint density at radius 3 is 2.48 bits per heavy atom. The highest BCUT2D eigenvalue weighted by atomic mass is 19.3. The monoisotopic (exact) mass is 424 g/mol. The molecule has 0 spiro atoms. The maximum absolute atomic E-state index is 13.1. The lowest BCUT2D eigenvalue weighted by molar-refractivity contribution is -0.120. The number of ketones is 1. The molecule has 8 heteroatoms. The van der Waals surface area contributed by atoms with Crippen LogP contribution >= 0.6 is 0 Å². The van der Waals surface area contributed by atoms with E-state index in [1.165, 1.54) is 6.20 Å². The third kappa shape index (κ3) is 5.69. The molecule has 2 N–H and O–H groups in total. The van der Waals surface area contributed by atoms with Crippen molar-refractivity contribution in [1.29, 1.82) is 0 Å². The molecule has 3 rings (SSSR count). The summed E-state index contributed by atoms with van der Waals surface area (Å²) in [6.07, 6.45) is 3.65. The van der Waals surface area contributed by atoms with Crippen molar-refractivity contribution in [2.45, 2.75) is 32.9 Å². The zero-order chi connectivity index (χ0) is 22.4.